The lowest BCUT2D eigenvalue weighted by molar-refractivity contribution is -0.384. The Hall–Kier alpha value is -2.97. The maximum absolute atomic E-state index is 12.2. The fourth-order valence-electron chi connectivity index (χ4n) is 3.44. The van der Waals surface area contributed by atoms with E-state index in [0.29, 0.717) is 25.3 Å². The average molecular weight is 412 g/mol. The van der Waals surface area contributed by atoms with E-state index in [2.05, 4.69) is 27.2 Å². The first-order valence-electron chi connectivity index (χ1n) is 10.2. The molecule has 1 aliphatic heterocycles. The summed E-state index contributed by atoms with van der Waals surface area (Å²) in [6.45, 7) is 8.08. The number of non-ortho nitro benzene ring substituents is 1. The molecule has 0 atom stereocenters. The van der Waals surface area contributed by atoms with Crippen molar-refractivity contribution in [3.63, 3.8) is 0 Å². The first-order valence-corrected chi connectivity index (χ1v) is 10.2. The van der Waals surface area contributed by atoms with Crippen molar-refractivity contribution in [1.82, 2.24) is 9.80 Å². The second-order valence-corrected chi connectivity index (χ2v) is 7.30. The quantitative estimate of drug-likeness (QED) is 0.503. The van der Waals surface area contributed by atoms with Crippen LogP contribution >= 0.6 is 0 Å². The molecule has 2 aromatic rings. The number of nitrogens with one attached hydrogen (secondary N) is 1. The predicted octanol–water partition coefficient (Wildman–Crippen LogP) is 3.14. The highest BCUT2D eigenvalue weighted by molar-refractivity contribution is 5.90. The molecule has 2 aromatic carbocycles. The van der Waals surface area contributed by atoms with Crippen molar-refractivity contribution >= 4 is 17.3 Å². The maximum Gasteiger partial charge on any atom is 0.269 e. The van der Waals surface area contributed by atoms with Gasteiger partial charge in [0, 0.05) is 63.5 Å². The molecule has 0 unspecified atom stereocenters. The lowest BCUT2D eigenvalue weighted by atomic mass is 10.2. The summed E-state index contributed by atoms with van der Waals surface area (Å²) in [6, 6.07) is 14.1. The summed E-state index contributed by atoms with van der Waals surface area (Å²) in [6.07, 6.45) is 0.399. The summed E-state index contributed by atoms with van der Waals surface area (Å²) >= 11 is 0. The first-order chi connectivity index (χ1) is 14.5. The van der Waals surface area contributed by atoms with Crippen LogP contribution in [-0.4, -0.2) is 60.0 Å². The number of benzene rings is 2. The minimum Gasteiger partial charge on any atom is -0.494 e. The van der Waals surface area contributed by atoms with Crippen LogP contribution in [0.3, 0.4) is 0 Å². The summed E-state index contributed by atoms with van der Waals surface area (Å²) in [4.78, 5) is 27.1. The summed E-state index contributed by atoms with van der Waals surface area (Å²) in [5.74, 6) is 0.818. The molecule has 1 aliphatic rings. The van der Waals surface area contributed by atoms with Gasteiger partial charge in [-0.3, -0.25) is 19.8 Å². The van der Waals surface area contributed by atoms with Gasteiger partial charge in [0.15, 0.2) is 0 Å². The minimum atomic E-state index is -0.457. The Morgan fingerprint density at radius 3 is 2.27 bits per heavy atom. The molecule has 160 valence electrons. The Morgan fingerprint density at radius 2 is 1.67 bits per heavy atom. The Labute approximate surface area is 176 Å². The van der Waals surface area contributed by atoms with Crippen LogP contribution in [0.5, 0.6) is 5.75 Å². The van der Waals surface area contributed by atoms with E-state index < -0.39 is 4.92 Å². The second kappa shape index (κ2) is 10.7. The van der Waals surface area contributed by atoms with E-state index in [0.717, 1.165) is 38.5 Å². The fraction of sp³-hybridized carbons (Fsp3) is 0.409. The van der Waals surface area contributed by atoms with Gasteiger partial charge in [-0.1, -0.05) is 12.1 Å². The van der Waals surface area contributed by atoms with E-state index in [4.69, 9.17) is 4.74 Å². The van der Waals surface area contributed by atoms with Gasteiger partial charge in [0.25, 0.3) is 5.69 Å². The number of hydrogen-bond donors (Lipinski definition) is 1. The van der Waals surface area contributed by atoms with E-state index >= 15 is 0 Å². The molecule has 0 aromatic heterocycles. The molecule has 0 bridgehead atoms. The highest BCUT2D eigenvalue weighted by atomic mass is 16.6. The lowest BCUT2D eigenvalue weighted by Crippen LogP contribution is -2.46. The van der Waals surface area contributed by atoms with Crippen LogP contribution in [0.15, 0.2) is 48.5 Å². The predicted molar refractivity (Wildman–Crippen MR) is 116 cm³/mol. The van der Waals surface area contributed by atoms with Crippen molar-refractivity contribution in [2.24, 2.45) is 0 Å². The van der Waals surface area contributed by atoms with Crippen molar-refractivity contribution in [2.75, 3.05) is 44.6 Å². The molecule has 0 spiro atoms. The lowest BCUT2D eigenvalue weighted by Gasteiger charge is -2.34. The van der Waals surface area contributed by atoms with Crippen molar-refractivity contribution in [2.45, 2.75) is 19.9 Å². The number of nitro groups is 1. The minimum absolute atomic E-state index is 0.0103. The molecule has 1 heterocycles. The van der Waals surface area contributed by atoms with Gasteiger partial charge in [-0.05, 0) is 36.8 Å². The van der Waals surface area contributed by atoms with Crippen LogP contribution in [0.25, 0.3) is 0 Å². The number of piperazine rings is 1. The molecule has 0 radical (unpaired) electrons. The summed E-state index contributed by atoms with van der Waals surface area (Å²) in [5.41, 5.74) is 1.86. The summed E-state index contributed by atoms with van der Waals surface area (Å²) < 4.78 is 5.48. The Bertz CT molecular complexity index is 831. The largest absolute Gasteiger partial charge is 0.494 e. The fourth-order valence-corrected chi connectivity index (χ4v) is 3.44. The maximum atomic E-state index is 12.2. The molecule has 1 saturated heterocycles. The number of hydrogen-bond acceptors (Lipinski definition) is 6. The average Bonchev–Trinajstić information content (AvgIpc) is 2.75. The van der Waals surface area contributed by atoms with Crippen molar-refractivity contribution < 1.29 is 14.5 Å². The Morgan fingerprint density at radius 1 is 1.03 bits per heavy atom. The number of amides is 1. The number of rotatable bonds is 9. The molecule has 8 heteroatoms. The third-order valence-corrected chi connectivity index (χ3v) is 5.12. The van der Waals surface area contributed by atoms with Gasteiger partial charge in [0.05, 0.1) is 11.5 Å². The zero-order valence-electron chi connectivity index (χ0n) is 17.3. The highest BCUT2D eigenvalue weighted by Crippen LogP contribution is 2.16. The van der Waals surface area contributed by atoms with E-state index in [9.17, 15) is 14.9 Å². The Kier molecular flexibility index (Phi) is 7.75. The molecule has 1 fully saturated rings. The number of anilines is 1. The third-order valence-electron chi connectivity index (χ3n) is 5.12. The van der Waals surface area contributed by atoms with Crippen molar-refractivity contribution in [1.29, 1.82) is 0 Å². The highest BCUT2D eigenvalue weighted by Gasteiger charge is 2.18. The van der Waals surface area contributed by atoms with Crippen molar-refractivity contribution in [3.05, 3.63) is 64.2 Å². The van der Waals surface area contributed by atoms with Crippen molar-refractivity contribution in [3.8, 4) is 5.75 Å². The molecule has 30 heavy (non-hydrogen) atoms. The molecule has 3 rings (SSSR count). The first kappa shape index (κ1) is 21.7. The van der Waals surface area contributed by atoms with E-state index in [-0.39, 0.29) is 11.6 Å². The molecule has 0 aliphatic carbocycles. The van der Waals surface area contributed by atoms with Gasteiger partial charge in [-0.25, -0.2) is 0 Å². The molecule has 1 amide bonds. The standard InChI is InChI=1S/C22H28N4O4/c1-2-30-21-9-3-18(4-10-21)17-25-15-13-24(14-16-25)12-11-22(27)23-19-5-7-20(8-6-19)26(28)29/h3-10H,2,11-17H2,1H3,(H,23,27). The molecule has 0 saturated carbocycles. The summed E-state index contributed by atoms with van der Waals surface area (Å²) in [5, 5.41) is 13.5. The van der Waals surface area contributed by atoms with Crippen LogP contribution in [0.4, 0.5) is 11.4 Å². The molecular weight excluding hydrogens is 384 g/mol. The number of nitrogens with zero attached hydrogens (tertiary/aromatic N) is 3. The van der Waals surface area contributed by atoms with Crippen LogP contribution < -0.4 is 10.1 Å². The summed E-state index contributed by atoms with van der Waals surface area (Å²) in [7, 11) is 0. The van der Waals surface area contributed by atoms with Gasteiger partial charge >= 0.3 is 0 Å². The van der Waals surface area contributed by atoms with E-state index in [1.165, 1.54) is 17.7 Å². The van der Waals surface area contributed by atoms with Crippen LogP contribution in [-0.2, 0) is 11.3 Å². The van der Waals surface area contributed by atoms with Gasteiger partial charge in [0.1, 0.15) is 5.75 Å². The van der Waals surface area contributed by atoms with Crippen LogP contribution in [0.1, 0.15) is 18.9 Å². The van der Waals surface area contributed by atoms with Gasteiger partial charge in [-0.15, -0.1) is 0 Å². The normalized spacial score (nSPS) is 15.0. The molecular formula is C22H28N4O4. The SMILES string of the molecule is CCOc1ccc(CN2CCN(CCC(=O)Nc3ccc([N+](=O)[O-])cc3)CC2)cc1. The van der Waals surface area contributed by atoms with Gasteiger partial charge in [-0.2, -0.15) is 0 Å². The zero-order valence-corrected chi connectivity index (χ0v) is 17.3. The van der Waals surface area contributed by atoms with Crippen LogP contribution in [0.2, 0.25) is 0 Å². The third kappa shape index (κ3) is 6.53. The molecule has 8 nitrogen and oxygen atoms in total. The smallest absolute Gasteiger partial charge is 0.269 e. The number of carbonyl (C=O) groups excluding carboxylic acids is 1. The number of nitro benzene ring substituents is 1. The second-order valence-electron chi connectivity index (χ2n) is 7.30. The van der Waals surface area contributed by atoms with Gasteiger partial charge < -0.3 is 15.0 Å². The Balaban J connectivity index is 1.36. The molecule has 1 N–H and O–H groups in total. The van der Waals surface area contributed by atoms with E-state index in [1.54, 1.807) is 12.1 Å². The number of carbonyl (C=O) groups is 1. The van der Waals surface area contributed by atoms with E-state index in [1.807, 2.05) is 19.1 Å². The van der Waals surface area contributed by atoms with Gasteiger partial charge in [0.2, 0.25) is 5.91 Å². The zero-order chi connectivity index (χ0) is 21.3. The number of ether oxygens (including phenoxy) is 1. The van der Waals surface area contributed by atoms with Crippen LogP contribution in [0, 0.1) is 10.1 Å². The topological polar surface area (TPSA) is 88.0 Å². The monoisotopic (exact) mass is 412 g/mol.